The van der Waals surface area contributed by atoms with E-state index in [0.29, 0.717) is 11.4 Å². The molecule has 0 bridgehead atoms. The van der Waals surface area contributed by atoms with Gasteiger partial charge in [0.2, 0.25) is 0 Å². The molecule has 0 spiro atoms. The number of phenols is 1. The van der Waals surface area contributed by atoms with Gasteiger partial charge in [0.15, 0.2) is 0 Å². The maximum atomic E-state index is 12.2. The van der Waals surface area contributed by atoms with Gasteiger partial charge in [-0.2, -0.15) is 5.10 Å². The fraction of sp³-hybridized carbons (Fsp3) is 0.111. The van der Waals surface area contributed by atoms with Crippen molar-refractivity contribution in [1.29, 1.82) is 0 Å². The Kier molecular flexibility index (Phi) is 3.23. The first-order chi connectivity index (χ1) is 11.6. The van der Waals surface area contributed by atoms with Crippen molar-refractivity contribution in [3.63, 3.8) is 0 Å². The molecule has 120 valence electrons. The Balaban J connectivity index is 1.91. The van der Waals surface area contributed by atoms with E-state index in [0.717, 1.165) is 16.9 Å². The molecule has 1 aliphatic heterocycles. The lowest BCUT2D eigenvalue weighted by Gasteiger charge is -2.26. The summed E-state index contributed by atoms with van der Waals surface area (Å²) >= 11 is 0. The van der Waals surface area contributed by atoms with E-state index in [-0.39, 0.29) is 11.8 Å². The molecule has 2 heterocycles. The molecule has 0 fully saturated rings. The van der Waals surface area contributed by atoms with Crippen LogP contribution in [0.15, 0.2) is 54.6 Å². The molecule has 2 aromatic carbocycles. The van der Waals surface area contributed by atoms with Crippen molar-refractivity contribution in [3.8, 4) is 11.4 Å². The van der Waals surface area contributed by atoms with Crippen molar-refractivity contribution in [2.24, 2.45) is 0 Å². The molecule has 3 N–H and O–H groups in total. The second-order valence-electron chi connectivity index (χ2n) is 5.69. The number of carbonyl (C=O) groups excluding carboxylic acids is 1. The molecule has 1 unspecified atom stereocenters. The van der Waals surface area contributed by atoms with E-state index < -0.39 is 6.04 Å². The van der Waals surface area contributed by atoms with Crippen LogP contribution >= 0.6 is 0 Å². The molecule has 3 aromatic rings. The Bertz CT molecular complexity index is 918. The number of urea groups is 1. The molecule has 0 aliphatic carbocycles. The van der Waals surface area contributed by atoms with E-state index >= 15 is 0 Å². The number of anilines is 1. The molecule has 24 heavy (non-hydrogen) atoms. The topological polar surface area (TPSA) is 79.2 Å². The summed E-state index contributed by atoms with van der Waals surface area (Å²) in [7, 11) is 0. The number of amides is 2. The minimum atomic E-state index is -0.451. The van der Waals surface area contributed by atoms with Gasteiger partial charge in [0.05, 0.1) is 17.4 Å². The van der Waals surface area contributed by atoms with Crippen LogP contribution in [0.4, 0.5) is 10.6 Å². The molecular formula is C18H16N4O2. The second kappa shape index (κ2) is 5.42. The quantitative estimate of drug-likeness (QED) is 0.679. The van der Waals surface area contributed by atoms with Gasteiger partial charge in [0, 0.05) is 11.1 Å². The Hall–Kier alpha value is -3.28. The van der Waals surface area contributed by atoms with Gasteiger partial charge in [-0.15, -0.1) is 0 Å². The van der Waals surface area contributed by atoms with E-state index in [9.17, 15) is 9.90 Å². The molecule has 0 saturated carbocycles. The maximum absolute atomic E-state index is 12.2. The molecule has 1 aliphatic rings. The van der Waals surface area contributed by atoms with Crippen molar-refractivity contribution in [2.45, 2.75) is 13.0 Å². The van der Waals surface area contributed by atoms with Crippen LogP contribution in [0.5, 0.6) is 5.75 Å². The van der Waals surface area contributed by atoms with E-state index in [1.807, 2.05) is 43.3 Å². The highest BCUT2D eigenvalue weighted by Gasteiger charge is 2.33. The van der Waals surface area contributed by atoms with Gasteiger partial charge >= 0.3 is 6.03 Å². The normalized spacial score (nSPS) is 16.2. The van der Waals surface area contributed by atoms with Gasteiger partial charge in [0.25, 0.3) is 0 Å². The SMILES string of the molecule is Cc1nn(-c2ccccc2)c2c1C(c1ccccc1O)NC(=O)N2. The fourth-order valence-corrected chi connectivity index (χ4v) is 3.07. The lowest BCUT2D eigenvalue weighted by molar-refractivity contribution is 0.248. The summed E-state index contributed by atoms with van der Waals surface area (Å²) in [6, 6.07) is 15.8. The van der Waals surface area contributed by atoms with Crippen LogP contribution in [-0.4, -0.2) is 20.9 Å². The minimum absolute atomic E-state index is 0.141. The van der Waals surface area contributed by atoms with Crippen molar-refractivity contribution >= 4 is 11.8 Å². The lowest BCUT2D eigenvalue weighted by Crippen LogP contribution is -2.38. The maximum Gasteiger partial charge on any atom is 0.321 e. The van der Waals surface area contributed by atoms with Gasteiger partial charge in [-0.3, -0.25) is 5.32 Å². The number of nitrogens with one attached hydrogen (secondary N) is 2. The number of nitrogens with zero attached hydrogens (tertiary/aromatic N) is 2. The third kappa shape index (κ3) is 2.20. The number of para-hydroxylation sites is 2. The summed E-state index contributed by atoms with van der Waals surface area (Å²) in [6.45, 7) is 1.89. The smallest absolute Gasteiger partial charge is 0.321 e. The molecule has 2 amide bonds. The number of aryl methyl sites for hydroxylation is 1. The van der Waals surface area contributed by atoms with E-state index in [4.69, 9.17) is 0 Å². The van der Waals surface area contributed by atoms with Crippen molar-refractivity contribution in [1.82, 2.24) is 15.1 Å². The monoisotopic (exact) mass is 320 g/mol. The van der Waals surface area contributed by atoms with Gasteiger partial charge in [-0.1, -0.05) is 36.4 Å². The van der Waals surface area contributed by atoms with Crippen LogP contribution < -0.4 is 10.6 Å². The van der Waals surface area contributed by atoms with Crippen molar-refractivity contribution in [3.05, 3.63) is 71.4 Å². The average Bonchev–Trinajstić information content (AvgIpc) is 2.92. The van der Waals surface area contributed by atoms with Gasteiger partial charge in [0.1, 0.15) is 11.6 Å². The number of hydrogen-bond donors (Lipinski definition) is 3. The van der Waals surface area contributed by atoms with Crippen LogP contribution in [0.3, 0.4) is 0 Å². The zero-order valence-corrected chi connectivity index (χ0v) is 13.0. The summed E-state index contributed by atoms with van der Waals surface area (Å²) in [6.07, 6.45) is 0. The van der Waals surface area contributed by atoms with Gasteiger partial charge in [-0.25, -0.2) is 9.48 Å². The number of phenolic OH excluding ortho intramolecular Hbond substituents is 1. The highest BCUT2D eigenvalue weighted by Crippen LogP contribution is 2.38. The predicted octanol–water partition coefficient (Wildman–Crippen LogP) is 3.11. The summed E-state index contributed by atoms with van der Waals surface area (Å²) in [5, 5.41) is 20.5. The number of aromatic nitrogens is 2. The Morgan fingerprint density at radius 3 is 2.54 bits per heavy atom. The molecule has 6 heteroatoms. The predicted molar refractivity (Wildman–Crippen MR) is 90.4 cm³/mol. The standard InChI is InChI=1S/C18H16N4O2/c1-11-15-16(13-9-5-6-10-14(13)23)19-18(24)20-17(15)22(21-11)12-7-3-2-4-8-12/h2-10,16,23H,1H3,(H2,19,20,24). The number of fused-ring (bicyclic) bond motifs is 1. The number of aromatic hydroxyl groups is 1. The summed E-state index contributed by atoms with van der Waals surface area (Å²) in [4.78, 5) is 12.2. The second-order valence-corrected chi connectivity index (χ2v) is 5.69. The van der Waals surface area contributed by atoms with E-state index in [1.54, 1.807) is 22.9 Å². The zero-order chi connectivity index (χ0) is 16.7. The van der Waals surface area contributed by atoms with Crippen LogP contribution in [0.1, 0.15) is 22.9 Å². The van der Waals surface area contributed by atoms with Crippen molar-refractivity contribution < 1.29 is 9.90 Å². The Morgan fingerprint density at radius 2 is 1.79 bits per heavy atom. The first kappa shape index (κ1) is 14.3. The summed E-state index contributed by atoms with van der Waals surface area (Å²) in [5.74, 6) is 0.762. The van der Waals surface area contributed by atoms with Crippen LogP contribution in [-0.2, 0) is 0 Å². The van der Waals surface area contributed by atoms with E-state index in [2.05, 4.69) is 15.7 Å². The van der Waals surface area contributed by atoms with Crippen molar-refractivity contribution in [2.75, 3.05) is 5.32 Å². The first-order valence-electron chi connectivity index (χ1n) is 7.65. The fourth-order valence-electron chi connectivity index (χ4n) is 3.07. The van der Waals surface area contributed by atoms with Crippen LogP contribution in [0.25, 0.3) is 5.69 Å². The largest absolute Gasteiger partial charge is 0.508 e. The number of benzene rings is 2. The summed E-state index contributed by atoms with van der Waals surface area (Å²) < 4.78 is 1.72. The highest BCUT2D eigenvalue weighted by atomic mass is 16.3. The minimum Gasteiger partial charge on any atom is -0.508 e. The first-order valence-corrected chi connectivity index (χ1v) is 7.65. The Morgan fingerprint density at radius 1 is 1.08 bits per heavy atom. The lowest BCUT2D eigenvalue weighted by atomic mass is 9.96. The van der Waals surface area contributed by atoms with Gasteiger partial charge < -0.3 is 10.4 Å². The number of rotatable bonds is 2. The molecule has 0 saturated heterocycles. The molecule has 0 radical (unpaired) electrons. The average molecular weight is 320 g/mol. The number of carbonyl (C=O) groups is 1. The van der Waals surface area contributed by atoms with Gasteiger partial charge in [-0.05, 0) is 25.1 Å². The molecule has 4 rings (SSSR count). The zero-order valence-electron chi connectivity index (χ0n) is 13.0. The molecule has 1 atom stereocenters. The molecule has 6 nitrogen and oxygen atoms in total. The molecule has 1 aromatic heterocycles. The molecular weight excluding hydrogens is 304 g/mol. The third-order valence-electron chi connectivity index (χ3n) is 4.15. The third-order valence-corrected chi connectivity index (χ3v) is 4.15. The van der Waals surface area contributed by atoms with Crippen LogP contribution in [0, 0.1) is 6.92 Å². The highest BCUT2D eigenvalue weighted by molar-refractivity contribution is 5.93. The van der Waals surface area contributed by atoms with E-state index in [1.165, 1.54) is 0 Å². The van der Waals surface area contributed by atoms with Crippen LogP contribution in [0.2, 0.25) is 0 Å². The Labute approximate surface area is 138 Å². The summed E-state index contributed by atoms with van der Waals surface area (Å²) in [5.41, 5.74) is 3.14. The number of hydrogen-bond acceptors (Lipinski definition) is 3.